The van der Waals surface area contributed by atoms with Gasteiger partial charge in [0.05, 0.1) is 23.2 Å². The van der Waals surface area contributed by atoms with Gasteiger partial charge in [-0.3, -0.25) is 14.2 Å². The number of aromatic nitrogens is 2. The van der Waals surface area contributed by atoms with Crippen LogP contribution >= 0.6 is 11.8 Å². The lowest BCUT2D eigenvalue weighted by Crippen LogP contribution is -2.22. The molecule has 1 heterocycles. The zero-order valence-corrected chi connectivity index (χ0v) is 20.0. The Labute approximate surface area is 197 Å². The van der Waals surface area contributed by atoms with Gasteiger partial charge in [-0.25, -0.2) is 4.98 Å². The van der Waals surface area contributed by atoms with E-state index in [1.165, 1.54) is 11.8 Å². The summed E-state index contributed by atoms with van der Waals surface area (Å²) in [5.41, 5.74) is 5.14. The van der Waals surface area contributed by atoms with Crippen LogP contribution in [0, 0.1) is 13.8 Å². The van der Waals surface area contributed by atoms with E-state index in [0.717, 1.165) is 28.1 Å². The summed E-state index contributed by atoms with van der Waals surface area (Å²) in [6.45, 7) is 8.09. The van der Waals surface area contributed by atoms with Crippen molar-refractivity contribution in [2.24, 2.45) is 0 Å². The van der Waals surface area contributed by atoms with E-state index in [2.05, 4.69) is 0 Å². The lowest BCUT2D eigenvalue weighted by Gasteiger charge is -2.16. The minimum Gasteiger partial charge on any atom is -0.494 e. The van der Waals surface area contributed by atoms with Crippen LogP contribution in [-0.4, -0.2) is 21.9 Å². The Bertz CT molecular complexity index is 1410. The van der Waals surface area contributed by atoms with Crippen molar-refractivity contribution in [3.63, 3.8) is 0 Å². The number of ether oxygens (including phenoxy) is 1. The number of aryl methyl sites for hydroxylation is 2. The molecule has 0 radical (unpaired) electrons. The molecule has 0 atom stereocenters. The molecule has 0 N–H and O–H groups in total. The van der Waals surface area contributed by atoms with E-state index in [0.29, 0.717) is 34.0 Å². The number of carbonyl (C=O) groups is 1. The van der Waals surface area contributed by atoms with Gasteiger partial charge in [0.2, 0.25) is 0 Å². The molecule has 5 nitrogen and oxygen atoms in total. The van der Waals surface area contributed by atoms with Crippen molar-refractivity contribution in [1.29, 1.82) is 0 Å². The second-order valence-corrected chi connectivity index (χ2v) is 8.86. The molecule has 0 aliphatic heterocycles. The molecule has 0 bridgehead atoms. The van der Waals surface area contributed by atoms with E-state index < -0.39 is 0 Å². The molecule has 33 heavy (non-hydrogen) atoms. The van der Waals surface area contributed by atoms with Crippen molar-refractivity contribution < 1.29 is 9.53 Å². The number of Topliss-reactive ketones (excluding diaryl/α,β-unsaturated/α-hetero) is 1. The Hall–Kier alpha value is -3.38. The Morgan fingerprint density at radius 3 is 2.55 bits per heavy atom. The third-order valence-corrected chi connectivity index (χ3v) is 6.60. The standard InChI is InChI=1S/C27H26N2O3S/c1-5-32-25-13-11-20(19(4)30)15-21(25)16-33-27-28-24-9-7-6-8-23(24)26(31)29(27)22-12-10-17(2)18(3)14-22/h6-15H,5,16H2,1-4H3. The van der Waals surface area contributed by atoms with E-state index in [9.17, 15) is 9.59 Å². The summed E-state index contributed by atoms with van der Waals surface area (Å²) in [7, 11) is 0. The number of carbonyl (C=O) groups excluding carboxylic acids is 1. The minimum atomic E-state index is -0.103. The third-order valence-electron chi connectivity index (χ3n) is 5.62. The lowest BCUT2D eigenvalue weighted by atomic mass is 10.1. The van der Waals surface area contributed by atoms with Crippen molar-refractivity contribution in [3.8, 4) is 11.4 Å². The monoisotopic (exact) mass is 458 g/mol. The number of nitrogens with zero attached hydrogens (tertiary/aromatic N) is 2. The molecule has 0 spiro atoms. The second-order valence-electron chi connectivity index (χ2n) is 7.92. The van der Waals surface area contributed by atoms with E-state index in [1.807, 2.05) is 69.3 Å². The molecule has 4 rings (SSSR count). The van der Waals surface area contributed by atoms with Gasteiger partial charge < -0.3 is 4.74 Å². The molecule has 1 aromatic heterocycles. The van der Waals surface area contributed by atoms with Gasteiger partial charge in [0.1, 0.15) is 5.75 Å². The number of ketones is 1. The van der Waals surface area contributed by atoms with Crippen LogP contribution in [0.4, 0.5) is 0 Å². The molecule has 0 fully saturated rings. The van der Waals surface area contributed by atoms with E-state index >= 15 is 0 Å². The van der Waals surface area contributed by atoms with Gasteiger partial charge >= 0.3 is 0 Å². The van der Waals surface area contributed by atoms with Gasteiger partial charge in [-0.15, -0.1) is 0 Å². The van der Waals surface area contributed by atoms with Gasteiger partial charge in [0, 0.05) is 16.9 Å². The maximum atomic E-state index is 13.5. The van der Waals surface area contributed by atoms with Crippen molar-refractivity contribution in [1.82, 2.24) is 9.55 Å². The van der Waals surface area contributed by atoms with Crippen LogP contribution < -0.4 is 10.3 Å². The number of benzene rings is 3. The quantitative estimate of drug-likeness (QED) is 0.196. The summed E-state index contributed by atoms with van der Waals surface area (Å²) >= 11 is 1.46. The maximum Gasteiger partial charge on any atom is 0.266 e. The topological polar surface area (TPSA) is 61.2 Å². The Kier molecular flexibility index (Phi) is 6.65. The molecular weight excluding hydrogens is 432 g/mol. The molecule has 0 amide bonds. The molecule has 0 saturated carbocycles. The Balaban J connectivity index is 1.83. The van der Waals surface area contributed by atoms with Crippen LogP contribution in [0.15, 0.2) is 70.6 Å². The van der Waals surface area contributed by atoms with Gasteiger partial charge in [0.15, 0.2) is 10.9 Å². The molecule has 0 unspecified atom stereocenters. The molecule has 0 saturated heterocycles. The van der Waals surface area contributed by atoms with E-state index in [4.69, 9.17) is 9.72 Å². The Morgan fingerprint density at radius 2 is 1.82 bits per heavy atom. The predicted octanol–water partition coefficient (Wildman–Crippen LogP) is 5.90. The van der Waals surface area contributed by atoms with Crippen LogP contribution in [0.2, 0.25) is 0 Å². The third kappa shape index (κ3) is 4.71. The first kappa shape index (κ1) is 22.8. The summed E-state index contributed by atoms with van der Waals surface area (Å²) in [5.74, 6) is 1.24. The van der Waals surface area contributed by atoms with Crippen molar-refractivity contribution in [2.45, 2.75) is 38.6 Å². The second kappa shape index (κ2) is 9.63. The highest BCUT2D eigenvalue weighted by atomic mass is 32.2. The first-order chi connectivity index (χ1) is 15.9. The Morgan fingerprint density at radius 1 is 1.03 bits per heavy atom. The summed E-state index contributed by atoms with van der Waals surface area (Å²) in [6, 6.07) is 18.8. The number of hydrogen-bond acceptors (Lipinski definition) is 5. The highest BCUT2D eigenvalue weighted by Gasteiger charge is 2.16. The first-order valence-electron chi connectivity index (χ1n) is 10.9. The fourth-order valence-corrected chi connectivity index (χ4v) is 4.64. The van der Waals surface area contributed by atoms with Crippen LogP contribution in [-0.2, 0) is 5.75 Å². The predicted molar refractivity (Wildman–Crippen MR) is 134 cm³/mol. The van der Waals surface area contributed by atoms with Crippen LogP contribution in [0.25, 0.3) is 16.6 Å². The molecular formula is C27H26N2O3S. The normalized spacial score (nSPS) is 11.0. The average molecular weight is 459 g/mol. The number of thioether (sulfide) groups is 1. The first-order valence-corrected chi connectivity index (χ1v) is 11.9. The summed E-state index contributed by atoms with van der Waals surface area (Å²) in [6.07, 6.45) is 0. The molecule has 6 heteroatoms. The average Bonchev–Trinajstić information content (AvgIpc) is 2.80. The molecule has 0 aliphatic carbocycles. The van der Waals surface area contributed by atoms with Crippen molar-refractivity contribution in [3.05, 3.63) is 93.3 Å². The number of para-hydroxylation sites is 1. The molecule has 168 valence electrons. The van der Waals surface area contributed by atoms with Gasteiger partial charge in [-0.2, -0.15) is 0 Å². The fourth-order valence-electron chi connectivity index (χ4n) is 3.65. The van der Waals surface area contributed by atoms with E-state index in [1.54, 1.807) is 23.6 Å². The number of hydrogen-bond donors (Lipinski definition) is 0. The molecule has 4 aromatic rings. The fraction of sp³-hybridized carbons (Fsp3) is 0.222. The minimum absolute atomic E-state index is 0.000155. The lowest BCUT2D eigenvalue weighted by molar-refractivity contribution is 0.101. The van der Waals surface area contributed by atoms with Crippen LogP contribution in [0.5, 0.6) is 5.75 Å². The SMILES string of the molecule is CCOc1ccc(C(C)=O)cc1CSc1nc2ccccc2c(=O)n1-c1ccc(C)c(C)c1. The van der Waals surface area contributed by atoms with Crippen LogP contribution in [0.3, 0.4) is 0 Å². The molecule has 3 aromatic carbocycles. The summed E-state index contributed by atoms with van der Waals surface area (Å²) in [5, 5.41) is 1.17. The zero-order chi connectivity index (χ0) is 23.5. The maximum absolute atomic E-state index is 13.5. The number of fused-ring (bicyclic) bond motifs is 1. The zero-order valence-electron chi connectivity index (χ0n) is 19.2. The van der Waals surface area contributed by atoms with Gasteiger partial charge in [-0.05, 0) is 81.3 Å². The smallest absolute Gasteiger partial charge is 0.266 e. The van der Waals surface area contributed by atoms with Gasteiger partial charge in [-0.1, -0.05) is 30.0 Å². The molecule has 0 aliphatic rings. The number of rotatable bonds is 7. The summed E-state index contributed by atoms with van der Waals surface area (Å²) in [4.78, 5) is 30.3. The van der Waals surface area contributed by atoms with Crippen molar-refractivity contribution in [2.75, 3.05) is 6.61 Å². The highest BCUT2D eigenvalue weighted by Crippen LogP contribution is 2.30. The van der Waals surface area contributed by atoms with E-state index in [-0.39, 0.29) is 11.3 Å². The summed E-state index contributed by atoms with van der Waals surface area (Å²) < 4.78 is 7.46. The van der Waals surface area contributed by atoms with Gasteiger partial charge in [0.25, 0.3) is 5.56 Å². The largest absolute Gasteiger partial charge is 0.494 e. The van der Waals surface area contributed by atoms with Crippen molar-refractivity contribution >= 4 is 28.4 Å². The highest BCUT2D eigenvalue weighted by molar-refractivity contribution is 7.98. The van der Waals surface area contributed by atoms with Crippen LogP contribution in [0.1, 0.15) is 40.9 Å².